The molecule has 0 aliphatic carbocycles. The molecule has 1 aromatic heterocycles. The van der Waals surface area contributed by atoms with E-state index < -0.39 is 0 Å². The molecule has 2 heterocycles. The van der Waals surface area contributed by atoms with Crippen molar-refractivity contribution in [2.75, 3.05) is 20.3 Å². The smallest absolute Gasteiger partial charge is 0.228 e. The van der Waals surface area contributed by atoms with Gasteiger partial charge in [0.25, 0.3) is 0 Å². The Labute approximate surface area is 114 Å². The van der Waals surface area contributed by atoms with E-state index in [1.165, 1.54) is 4.88 Å². The number of carbonyl (C=O) groups is 1. The Balaban J connectivity index is 1.90. The van der Waals surface area contributed by atoms with Gasteiger partial charge in [0.1, 0.15) is 0 Å². The number of thiophene rings is 1. The van der Waals surface area contributed by atoms with Gasteiger partial charge in [0.15, 0.2) is 0 Å². The molecule has 5 heteroatoms. The fourth-order valence-corrected chi connectivity index (χ4v) is 3.50. The van der Waals surface area contributed by atoms with Crippen molar-refractivity contribution in [2.24, 2.45) is 5.92 Å². The molecule has 1 saturated heterocycles. The zero-order chi connectivity index (χ0) is 12.3. The van der Waals surface area contributed by atoms with E-state index in [0.717, 1.165) is 23.9 Å². The molecule has 0 spiro atoms. The molecule has 0 bridgehead atoms. The highest BCUT2D eigenvalue weighted by atomic mass is 79.9. The maximum absolute atomic E-state index is 12.1. The second-order valence-corrected chi connectivity index (χ2v) is 6.25. The highest BCUT2D eigenvalue weighted by Gasteiger charge is 2.24. The molecule has 1 unspecified atom stereocenters. The fraction of sp³-hybridized carbons (Fsp3) is 0.583. The first-order valence-corrected chi connectivity index (χ1v) is 7.39. The summed E-state index contributed by atoms with van der Waals surface area (Å²) in [5, 5.41) is 2.04. The molecule has 1 amide bonds. The van der Waals surface area contributed by atoms with Crippen LogP contribution in [0.15, 0.2) is 15.9 Å². The minimum absolute atomic E-state index is 0.0529. The number of ether oxygens (including phenoxy) is 1. The van der Waals surface area contributed by atoms with E-state index in [1.54, 1.807) is 16.2 Å². The van der Waals surface area contributed by atoms with Gasteiger partial charge in [-0.2, -0.15) is 0 Å². The van der Waals surface area contributed by atoms with E-state index in [1.807, 2.05) is 12.4 Å². The lowest BCUT2D eigenvalue weighted by molar-refractivity contribution is -0.138. The minimum Gasteiger partial charge on any atom is -0.381 e. The van der Waals surface area contributed by atoms with Crippen LogP contribution in [0.3, 0.4) is 0 Å². The summed E-state index contributed by atoms with van der Waals surface area (Å²) >= 11 is 5.09. The van der Waals surface area contributed by atoms with Crippen LogP contribution in [0.4, 0.5) is 0 Å². The second-order valence-electron chi connectivity index (χ2n) is 4.34. The molecule has 1 aromatic rings. The average molecular weight is 318 g/mol. The van der Waals surface area contributed by atoms with E-state index in [9.17, 15) is 4.79 Å². The predicted molar refractivity (Wildman–Crippen MR) is 72.0 cm³/mol. The van der Waals surface area contributed by atoms with Crippen LogP contribution < -0.4 is 0 Å². The molecule has 1 aliphatic heterocycles. The van der Waals surface area contributed by atoms with Gasteiger partial charge in [-0.1, -0.05) is 0 Å². The van der Waals surface area contributed by atoms with Crippen molar-refractivity contribution in [1.82, 2.24) is 4.90 Å². The molecule has 1 aliphatic rings. The van der Waals surface area contributed by atoms with Crippen molar-refractivity contribution in [3.05, 3.63) is 20.8 Å². The topological polar surface area (TPSA) is 29.5 Å². The van der Waals surface area contributed by atoms with Gasteiger partial charge in [-0.25, -0.2) is 0 Å². The van der Waals surface area contributed by atoms with Crippen LogP contribution in [0.25, 0.3) is 0 Å². The summed E-state index contributed by atoms with van der Waals surface area (Å²) in [5.74, 6) is 0.256. The van der Waals surface area contributed by atoms with E-state index in [0.29, 0.717) is 13.2 Å². The molecule has 3 nitrogen and oxygen atoms in total. The first-order valence-electron chi connectivity index (χ1n) is 5.72. The molecule has 1 atom stereocenters. The van der Waals surface area contributed by atoms with Crippen molar-refractivity contribution in [1.29, 1.82) is 0 Å². The largest absolute Gasteiger partial charge is 0.381 e. The van der Waals surface area contributed by atoms with E-state index >= 15 is 0 Å². The van der Waals surface area contributed by atoms with Crippen molar-refractivity contribution in [3.63, 3.8) is 0 Å². The number of halogens is 1. The van der Waals surface area contributed by atoms with Crippen molar-refractivity contribution >= 4 is 33.2 Å². The Morgan fingerprint density at radius 3 is 3.12 bits per heavy atom. The summed E-state index contributed by atoms with van der Waals surface area (Å²) < 4.78 is 6.44. The van der Waals surface area contributed by atoms with E-state index in [4.69, 9.17) is 4.74 Å². The molecular formula is C12H16BrNO2S. The van der Waals surface area contributed by atoms with E-state index in [2.05, 4.69) is 22.0 Å². The van der Waals surface area contributed by atoms with Gasteiger partial charge in [-0.3, -0.25) is 4.79 Å². The van der Waals surface area contributed by atoms with Gasteiger partial charge in [0, 0.05) is 28.4 Å². The fourth-order valence-electron chi connectivity index (χ4n) is 2.00. The van der Waals surface area contributed by atoms with Crippen LogP contribution >= 0.6 is 27.3 Å². The molecular weight excluding hydrogens is 302 g/mol. The molecule has 1 fully saturated rings. The Bertz CT molecular complexity index is 388. The Morgan fingerprint density at radius 2 is 2.53 bits per heavy atom. The monoisotopic (exact) mass is 317 g/mol. The van der Waals surface area contributed by atoms with Gasteiger partial charge in [0.05, 0.1) is 19.1 Å². The third-order valence-corrected chi connectivity index (χ3v) is 4.58. The van der Waals surface area contributed by atoms with Crippen LogP contribution in [0, 0.1) is 5.92 Å². The van der Waals surface area contributed by atoms with Crippen molar-refractivity contribution < 1.29 is 9.53 Å². The number of rotatable bonds is 3. The van der Waals surface area contributed by atoms with Crippen LogP contribution in [0.5, 0.6) is 0 Å². The van der Waals surface area contributed by atoms with Gasteiger partial charge >= 0.3 is 0 Å². The standard InChI is InChI=1S/C12H16BrNO2S/c1-14(6-11-5-10(13)8-17-11)12(15)9-3-2-4-16-7-9/h5,8-9H,2-4,6-7H2,1H3. The second kappa shape index (κ2) is 5.98. The maximum Gasteiger partial charge on any atom is 0.228 e. The SMILES string of the molecule is CN(Cc1cc(Br)cs1)C(=O)C1CCCOC1. The van der Waals surface area contributed by atoms with Gasteiger partial charge in [0.2, 0.25) is 5.91 Å². The lowest BCUT2D eigenvalue weighted by Crippen LogP contribution is -2.36. The predicted octanol–water partition coefficient (Wildman–Crippen LogP) is 2.90. The lowest BCUT2D eigenvalue weighted by atomic mass is 10.0. The summed E-state index contributed by atoms with van der Waals surface area (Å²) in [6.45, 7) is 2.06. The Hall–Kier alpha value is -0.390. The zero-order valence-electron chi connectivity index (χ0n) is 9.82. The normalized spacial score (nSPS) is 20.2. The zero-order valence-corrected chi connectivity index (χ0v) is 12.2. The average Bonchev–Trinajstić information content (AvgIpc) is 2.75. The molecule has 0 N–H and O–H groups in total. The number of hydrogen-bond acceptors (Lipinski definition) is 3. The van der Waals surface area contributed by atoms with Crippen molar-refractivity contribution in [3.8, 4) is 0 Å². The summed E-state index contributed by atoms with van der Waals surface area (Å²) in [5.41, 5.74) is 0. The first kappa shape index (κ1) is 13.1. The third kappa shape index (κ3) is 3.53. The molecule has 2 rings (SSSR count). The molecule has 0 aromatic carbocycles. The first-order chi connectivity index (χ1) is 8.16. The highest BCUT2D eigenvalue weighted by molar-refractivity contribution is 9.10. The summed E-state index contributed by atoms with van der Waals surface area (Å²) in [7, 11) is 1.87. The summed E-state index contributed by atoms with van der Waals surface area (Å²) in [4.78, 5) is 15.1. The Kier molecular flexibility index (Phi) is 4.59. The van der Waals surface area contributed by atoms with Gasteiger partial charge in [-0.15, -0.1) is 11.3 Å². The Morgan fingerprint density at radius 1 is 1.71 bits per heavy atom. The van der Waals surface area contributed by atoms with Crippen LogP contribution in [-0.2, 0) is 16.1 Å². The van der Waals surface area contributed by atoms with Crippen LogP contribution in [0.2, 0.25) is 0 Å². The lowest BCUT2D eigenvalue weighted by Gasteiger charge is -2.26. The number of amides is 1. The number of nitrogens with zero attached hydrogens (tertiary/aromatic N) is 1. The van der Waals surface area contributed by atoms with Crippen LogP contribution in [-0.4, -0.2) is 31.1 Å². The highest BCUT2D eigenvalue weighted by Crippen LogP contribution is 2.22. The molecule has 0 saturated carbocycles. The summed E-state index contributed by atoms with van der Waals surface area (Å²) in [6, 6.07) is 2.06. The number of carbonyl (C=O) groups excluding carboxylic acids is 1. The summed E-state index contributed by atoms with van der Waals surface area (Å²) in [6.07, 6.45) is 1.95. The van der Waals surface area contributed by atoms with Crippen molar-refractivity contribution in [2.45, 2.75) is 19.4 Å². The quantitative estimate of drug-likeness (QED) is 0.858. The van der Waals surface area contributed by atoms with E-state index in [-0.39, 0.29) is 11.8 Å². The molecule has 94 valence electrons. The number of hydrogen-bond donors (Lipinski definition) is 0. The molecule has 0 radical (unpaired) electrons. The minimum atomic E-state index is 0.0529. The van der Waals surface area contributed by atoms with Crippen LogP contribution in [0.1, 0.15) is 17.7 Å². The molecule has 17 heavy (non-hydrogen) atoms. The van der Waals surface area contributed by atoms with Gasteiger partial charge < -0.3 is 9.64 Å². The van der Waals surface area contributed by atoms with Gasteiger partial charge in [-0.05, 0) is 34.8 Å². The maximum atomic E-state index is 12.1. The third-order valence-electron chi connectivity index (χ3n) is 2.90.